The number of anilines is 1. The topological polar surface area (TPSA) is 76.2 Å². The van der Waals surface area contributed by atoms with Crippen molar-refractivity contribution in [3.63, 3.8) is 0 Å². The molecule has 1 amide bonds. The minimum atomic E-state index is -0.224. The molecule has 3 aromatic carbocycles. The first-order chi connectivity index (χ1) is 14.1. The highest BCUT2D eigenvalue weighted by atomic mass is 16.5. The predicted octanol–water partition coefficient (Wildman–Crippen LogP) is 4.81. The van der Waals surface area contributed by atoms with Crippen LogP contribution >= 0.6 is 0 Å². The Morgan fingerprint density at radius 2 is 1.69 bits per heavy atom. The standard InChI is InChI=1S/C23H21N3O3/c1-14-4-10-18-19(12-14)26-22(25-18)15-5-8-17(9-6-15)24-23(27)16-7-11-20(28-2)21(13-16)29-3/h4-13H,1-3H3,(H,24,27)(H,25,26). The number of hydrogen-bond acceptors (Lipinski definition) is 4. The van der Waals surface area contributed by atoms with Gasteiger partial charge in [-0.15, -0.1) is 0 Å². The molecule has 0 saturated carbocycles. The molecule has 1 aromatic heterocycles. The number of aromatic amines is 1. The molecule has 146 valence electrons. The molecule has 0 spiro atoms. The van der Waals surface area contributed by atoms with E-state index in [0.29, 0.717) is 22.7 Å². The fourth-order valence-corrected chi connectivity index (χ4v) is 3.14. The maximum Gasteiger partial charge on any atom is 0.255 e. The minimum Gasteiger partial charge on any atom is -0.493 e. The highest BCUT2D eigenvalue weighted by molar-refractivity contribution is 6.04. The summed E-state index contributed by atoms with van der Waals surface area (Å²) in [5.74, 6) is 1.66. The fraction of sp³-hybridized carbons (Fsp3) is 0.130. The summed E-state index contributed by atoms with van der Waals surface area (Å²) in [6.45, 7) is 2.05. The molecule has 0 aliphatic rings. The number of fused-ring (bicyclic) bond motifs is 1. The van der Waals surface area contributed by atoms with Crippen LogP contribution in [0.1, 0.15) is 15.9 Å². The lowest BCUT2D eigenvalue weighted by Crippen LogP contribution is -2.12. The van der Waals surface area contributed by atoms with Crippen LogP contribution in [0.3, 0.4) is 0 Å². The Morgan fingerprint density at radius 1 is 0.931 bits per heavy atom. The number of ether oxygens (including phenoxy) is 2. The van der Waals surface area contributed by atoms with E-state index in [-0.39, 0.29) is 5.91 Å². The van der Waals surface area contributed by atoms with Gasteiger partial charge in [0.2, 0.25) is 0 Å². The third-order valence-electron chi connectivity index (χ3n) is 4.70. The number of benzene rings is 3. The summed E-state index contributed by atoms with van der Waals surface area (Å²) in [6.07, 6.45) is 0. The molecule has 6 nitrogen and oxygen atoms in total. The number of nitrogens with one attached hydrogen (secondary N) is 2. The zero-order valence-corrected chi connectivity index (χ0v) is 16.4. The maximum absolute atomic E-state index is 12.6. The molecule has 2 N–H and O–H groups in total. The van der Waals surface area contributed by atoms with Crippen molar-refractivity contribution >= 4 is 22.6 Å². The van der Waals surface area contributed by atoms with E-state index in [9.17, 15) is 4.79 Å². The van der Waals surface area contributed by atoms with Crippen LogP contribution in [0.5, 0.6) is 11.5 Å². The van der Waals surface area contributed by atoms with Crippen LogP contribution in [0.4, 0.5) is 5.69 Å². The molecular weight excluding hydrogens is 366 g/mol. The van der Waals surface area contributed by atoms with Crippen molar-refractivity contribution < 1.29 is 14.3 Å². The van der Waals surface area contributed by atoms with Crippen LogP contribution in [0.15, 0.2) is 60.7 Å². The lowest BCUT2D eigenvalue weighted by atomic mass is 10.1. The third kappa shape index (κ3) is 3.78. The van der Waals surface area contributed by atoms with E-state index < -0.39 is 0 Å². The number of imidazole rings is 1. The van der Waals surface area contributed by atoms with Crippen LogP contribution in [-0.2, 0) is 0 Å². The van der Waals surface area contributed by atoms with Gasteiger partial charge in [0, 0.05) is 16.8 Å². The van der Waals surface area contributed by atoms with Gasteiger partial charge >= 0.3 is 0 Å². The number of hydrogen-bond donors (Lipinski definition) is 2. The summed E-state index contributed by atoms with van der Waals surface area (Å²) in [5, 5.41) is 2.89. The van der Waals surface area contributed by atoms with E-state index in [0.717, 1.165) is 22.4 Å². The lowest BCUT2D eigenvalue weighted by molar-refractivity contribution is 0.102. The van der Waals surface area contributed by atoms with Crippen molar-refractivity contribution in [2.75, 3.05) is 19.5 Å². The van der Waals surface area contributed by atoms with Crippen molar-refractivity contribution in [3.8, 4) is 22.9 Å². The molecule has 4 aromatic rings. The first-order valence-corrected chi connectivity index (χ1v) is 9.17. The Balaban J connectivity index is 1.52. The van der Waals surface area contributed by atoms with Gasteiger partial charge in [-0.2, -0.15) is 0 Å². The van der Waals surface area contributed by atoms with Crippen molar-refractivity contribution in [2.45, 2.75) is 6.92 Å². The number of rotatable bonds is 5. The highest BCUT2D eigenvalue weighted by Crippen LogP contribution is 2.28. The molecule has 0 aliphatic heterocycles. The Morgan fingerprint density at radius 3 is 2.41 bits per heavy atom. The molecule has 0 atom stereocenters. The molecule has 29 heavy (non-hydrogen) atoms. The van der Waals surface area contributed by atoms with Crippen LogP contribution in [-0.4, -0.2) is 30.1 Å². The van der Waals surface area contributed by atoms with Gasteiger partial charge in [-0.05, 0) is 67.1 Å². The molecule has 1 heterocycles. The number of amides is 1. The zero-order chi connectivity index (χ0) is 20.4. The number of carbonyl (C=O) groups is 1. The second kappa shape index (κ2) is 7.67. The second-order valence-electron chi connectivity index (χ2n) is 6.71. The normalized spacial score (nSPS) is 10.7. The Kier molecular flexibility index (Phi) is 4.91. The SMILES string of the molecule is COc1ccc(C(=O)Nc2ccc(-c3nc4cc(C)ccc4[nH]3)cc2)cc1OC. The Labute approximate surface area is 168 Å². The smallest absolute Gasteiger partial charge is 0.255 e. The van der Waals surface area contributed by atoms with E-state index in [4.69, 9.17) is 9.47 Å². The molecule has 0 fully saturated rings. The number of H-pyrrole nitrogens is 1. The largest absolute Gasteiger partial charge is 0.493 e. The fourth-order valence-electron chi connectivity index (χ4n) is 3.14. The third-order valence-corrected chi connectivity index (χ3v) is 4.70. The van der Waals surface area contributed by atoms with E-state index in [1.165, 1.54) is 12.7 Å². The number of carbonyl (C=O) groups excluding carboxylic acids is 1. The van der Waals surface area contributed by atoms with Gasteiger partial charge in [0.1, 0.15) is 5.82 Å². The summed E-state index contributed by atoms with van der Waals surface area (Å²) in [7, 11) is 3.10. The molecule has 4 rings (SSSR count). The summed E-state index contributed by atoms with van der Waals surface area (Å²) in [4.78, 5) is 20.5. The predicted molar refractivity (Wildman–Crippen MR) is 114 cm³/mol. The van der Waals surface area contributed by atoms with Crippen LogP contribution in [0.25, 0.3) is 22.4 Å². The Hall–Kier alpha value is -3.80. The molecule has 0 unspecified atom stereocenters. The van der Waals surface area contributed by atoms with Crippen molar-refractivity contribution in [1.29, 1.82) is 0 Å². The van der Waals surface area contributed by atoms with Gasteiger partial charge < -0.3 is 19.8 Å². The lowest BCUT2D eigenvalue weighted by Gasteiger charge is -2.10. The first kappa shape index (κ1) is 18.6. The number of aryl methyl sites for hydroxylation is 1. The average Bonchev–Trinajstić information content (AvgIpc) is 3.16. The Bertz CT molecular complexity index is 1180. The van der Waals surface area contributed by atoms with E-state index in [2.05, 4.69) is 21.4 Å². The van der Waals surface area contributed by atoms with E-state index in [1.54, 1.807) is 25.3 Å². The van der Waals surface area contributed by atoms with Crippen LogP contribution < -0.4 is 14.8 Å². The number of aromatic nitrogens is 2. The van der Waals surface area contributed by atoms with Gasteiger partial charge in [-0.25, -0.2) is 4.98 Å². The summed E-state index contributed by atoms with van der Waals surface area (Å²) < 4.78 is 10.5. The molecule has 0 saturated heterocycles. The molecule has 0 bridgehead atoms. The van der Waals surface area contributed by atoms with Crippen LogP contribution in [0, 0.1) is 6.92 Å². The molecular formula is C23H21N3O3. The molecule has 6 heteroatoms. The van der Waals surface area contributed by atoms with E-state index >= 15 is 0 Å². The van der Waals surface area contributed by atoms with Gasteiger partial charge in [0.15, 0.2) is 11.5 Å². The highest BCUT2D eigenvalue weighted by Gasteiger charge is 2.12. The maximum atomic E-state index is 12.6. The summed E-state index contributed by atoms with van der Waals surface area (Å²) >= 11 is 0. The second-order valence-corrected chi connectivity index (χ2v) is 6.71. The van der Waals surface area contributed by atoms with E-state index in [1.807, 2.05) is 43.3 Å². The molecule has 0 aliphatic carbocycles. The number of nitrogens with zero attached hydrogens (tertiary/aromatic N) is 1. The average molecular weight is 387 g/mol. The minimum absolute atomic E-state index is 0.224. The summed E-state index contributed by atoms with van der Waals surface area (Å²) in [6, 6.07) is 18.7. The quantitative estimate of drug-likeness (QED) is 0.515. The van der Waals surface area contributed by atoms with Crippen molar-refractivity contribution in [2.24, 2.45) is 0 Å². The van der Waals surface area contributed by atoms with Crippen LogP contribution in [0.2, 0.25) is 0 Å². The van der Waals surface area contributed by atoms with Crippen molar-refractivity contribution in [3.05, 3.63) is 71.8 Å². The zero-order valence-electron chi connectivity index (χ0n) is 16.4. The van der Waals surface area contributed by atoms with Gasteiger partial charge in [0.05, 0.1) is 25.3 Å². The van der Waals surface area contributed by atoms with Gasteiger partial charge in [-0.1, -0.05) is 6.07 Å². The van der Waals surface area contributed by atoms with Crippen molar-refractivity contribution in [1.82, 2.24) is 9.97 Å². The number of methoxy groups -OCH3 is 2. The van der Waals surface area contributed by atoms with Gasteiger partial charge in [-0.3, -0.25) is 4.79 Å². The summed E-state index contributed by atoms with van der Waals surface area (Å²) in [5.41, 5.74) is 5.23. The monoisotopic (exact) mass is 387 g/mol. The van der Waals surface area contributed by atoms with Gasteiger partial charge in [0.25, 0.3) is 5.91 Å². The first-order valence-electron chi connectivity index (χ1n) is 9.17. The molecule has 0 radical (unpaired) electrons.